The van der Waals surface area contributed by atoms with Gasteiger partial charge in [-0.25, -0.2) is 0 Å². The summed E-state index contributed by atoms with van der Waals surface area (Å²) >= 11 is 0. The quantitative estimate of drug-likeness (QED) is 0.857. The van der Waals surface area contributed by atoms with Crippen molar-refractivity contribution in [3.05, 3.63) is 36.0 Å². The SMILES string of the molecule is Cc1cc(NC(=O)CNc2ccc(OC(F)F)cc2)on1. The molecule has 0 aliphatic heterocycles. The Bertz CT molecular complexity index is 599. The molecule has 0 aliphatic rings. The van der Waals surface area contributed by atoms with E-state index in [-0.39, 0.29) is 24.1 Å². The summed E-state index contributed by atoms with van der Waals surface area (Å²) in [6, 6.07) is 7.42. The molecule has 1 amide bonds. The first-order valence-corrected chi connectivity index (χ1v) is 6.05. The van der Waals surface area contributed by atoms with Crippen LogP contribution in [0.3, 0.4) is 0 Å². The minimum Gasteiger partial charge on any atom is -0.435 e. The van der Waals surface area contributed by atoms with Gasteiger partial charge in [-0.15, -0.1) is 0 Å². The van der Waals surface area contributed by atoms with Gasteiger partial charge in [-0.05, 0) is 31.2 Å². The number of hydrogen-bond acceptors (Lipinski definition) is 5. The van der Waals surface area contributed by atoms with Crippen molar-refractivity contribution in [2.24, 2.45) is 0 Å². The van der Waals surface area contributed by atoms with Crippen molar-refractivity contribution in [3.8, 4) is 5.75 Å². The average molecular weight is 297 g/mol. The second-order valence-electron chi connectivity index (χ2n) is 4.14. The van der Waals surface area contributed by atoms with Crippen molar-refractivity contribution in [1.29, 1.82) is 0 Å². The Kier molecular flexibility index (Phi) is 4.70. The second kappa shape index (κ2) is 6.69. The van der Waals surface area contributed by atoms with Gasteiger partial charge in [-0.2, -0.15) is 8.78 Å². The van der Waals surface area contributed by atoms with E-state index >= 15 is 0 Å². The molecule has 2 rings (SSSR count). The second-order valence-corrected chi connectivity index (χ2v) is 4.14. The number of ether oxygens (including phenoxy) is 1. The first-order valence-electron chi connectivity index (χ1n) is 6.05. The summed E-state index contributed by atoms with van der Waals surface area (Å²) in [6.45, 7) is -1.13. The van der Waals surface area contributed by atoms with E-state index in [9.17, 15) is 13.6 Å². The number of anilines is 2. The molecule has 2 N–H and O–H groups in total. The highest BCUT2D eigenvalue weighted by Crippen LogP contribution is 2.17. The third-order valence-corrected chi connectivity index (χ3v) is 2.42. The van der Waals surface area contributed by atoms with Crippen molar-refractivity contribution in [2.75, 3.05) is 17.2 Å². The predicted octanol–water partition coefficient (Wildman–Crippen LogP) is 2.64. The molecule has 0 spiro atoms. The lowest BCUT2D eigenvalue weighted by Gasteiger charge is -2.08. The Morgan fingerprint density at radius 2 is 2.10 bits per heavy atom. The Hall–Kier alpha value is -2.64. The maximum absolute atomic E-state index is 12.0. The maximum atomic E-state index is 12.0. The lowest BCUT2D eigenvalue weighted by Crippen LogP contribution is -2.21. The van der Waals surface area contributed by atoms with Crippen LogP contribution in [0.2, 0.25) is 0 Å². The largest absolute Gasteiger partial charge is 0.435 e. The van der Waals surface area contributed by atoms with Crippen molar-refractivity contribution in [1.82, 2.24) is 5.16 Å². The van der Waals surface area contributed by atoms with E-state index < -0.39 is 6.61 Å². The van der Waals surface area contributed by atoms with Gasteiger partial charge < -0.3 is 14.6 Å². The number of benzene rings is 1. The van der Waals surface area contributed by atoms with Crippen molar-refractivity contribution in [2.45, 2.75) is 13.5 Å². The zero-order valence-electron chi connectivity index (χ0n) is 11.1. The fourth-order valence-corrected chi connectivity index (χ4v) is 1.54. The Balaban J connectivity index is 1.81. The minimum atomic E-state index is -2.86. The van der Waals surface area contributed by atoms with Crippen LogP contribution in [-0.4, -0.2) is 24.2 Å². The van der Waals surface area contributed by atoms with E-state index in [0.29, 0.717) is 11.4 Å². The van der Waals surface area contributed by atoms with Crippen LogP contribution in [0.5, 0.6) is 5.75 Å². The molecule has 0 fully saturated rings. The lowest BCUT2D eigenvalue weighted by atomic mass is 10.3. The molecule has 0 saturated heterocycles. The molecule has 21 heavy (non-hydrogen) atoms. The van der Waals surface area contributed by atoms with Crippen molar-refractivity contribution < 1.29 is 22.8 Å². The molecule has 8 heteroatoms. The number of halogens is 2. The molecule has 1 heterocycles. The highest BCUT2D eigenvalue weighted by Gasteiger charge is 2.07. The monoisotopic (exact) mass is 297 g/mol. The van der Waals surface area contributed by atoms with Crippen molar-refractivity contribution >= 4 is 17.5 Å². The van der Waals surface area contributed by atoms with Crippen LogP contribution in [0.25, 0.3) is 0 Å². The maximum Gasteiger partial charge on any atom is 0.387 e. The zero-order chi connectivity index (χ0) is 15.2. The van der Waals surface area contributed by atoms with Gasteiger partial charge in [0, 0.05) is 11.8 Å². The Morgan fingerprint density at radius 3 is 2.67 bits per heavy atom. The molecule has 1 aromatic heterocycles. The summed E-state index contributed by atoms with van der Waals surface area (Å²) in [5, 5.41) is 8.99. The number of carbonyl (C=O) groups excluding carboxylic acids is 1. The summed E-state index contributed by atoms with van der Waals surface area (Å²) in [6.07, 6.45) is 0. The number of aryl methyl sites for hydroxylation is 1. The van der Waals surface area contributed by atoms with Gasteiger partial charge in [-0.1, -0.05) is 5.16 Å². The molecule has 0 unspecified atom stereocenters. The summed E-state index contributed by atoms with van der Waals surface area (Å²) < 4.78 is 33.0. The molecule has 2 aromatic rings. The van der Waals surface area contributed by atoms with Gasteiger partial charge in [0.05, 0.1) is 12.2 Å². The highest BCUT2D eigenvalue weighted by atomic mass is 19.3. The third-order valence-electron chi connectivity index (χ3n) is 2.42. The first kappa shape index (κ1) is 14.8. The van der Waals surface area contributed by atoms with E-state index in [1.807, 2.05) is 0 Å². The van der Waals surface area contributed by atoms with Crippen LogP contribution in [0, 0.1) is 6.92 Å². The van der Waals surface area contributed by atoms with Crippen LogP contribution in [0.1, 0.15) is 5.69 Å². The minimum absolute atomic E-state index is 0.00516. The van der Waals surface area contributed by atoms with E-state index in [0.717, 1.165) is 0 Å². The summed E-state index contributed by atoms with van der Waals surface area (Å²) in [7, 11) is 0. The summed E-state index contributed by atoms with van der Waals surface area (Å²) in [5.74, 6) is -0.00354. The van der Waals surface area contributed by atoms with Gasteiger partial charge in [0.25, 0.3) is 0 Å². The standard InChI is InChI=1S/C13H13F2N3O3/c1-8-6-12(21-18-8)17-11(19)7-16-9-2-4-10(5-3-9)20-13(14)15/h2-6,13,16H,7H2,1H3,(H,17,19). The normalized spacial score (nSPS) is 10.5. The van der Waals surface area contributed by atoms with E-state index in [4.69, 9.17) is 4.52 Å². The lowest BCUT2D eigenvalue weighted by molar-refractivity contribution is -0.114. The Labute approximate surface area is 119 Å². The first-order chi connectivity index (χ1) is 10.0. The summed E-state index contributed by atoms with van der Waals surface area (Å²) in [4.78, 5) is 11.6. The van der Waals surface area contributed by atoms with Crippen molar-refractivity contribution in [3.63, 3.8) is 0 Å². The number of hydrogen-bond donors (Lipinski definition) is 2. The highest BCUT2D eigenvalue weighted by molar-refractivity contribution is 5.92. The smallest absolute Gasteiger partial charge is 0.387 e. The van der Waals surface area contributed by atoms with E-state index in [1.165, 1.54) is 24.3 Å². The Morgan fingerprint density at radius 1 is 1.38 bits per heavy atom. The molecular formula is C13H13F2N3O3. The van der Waals surface area contributed by atoms with Gasteiger partial charge in [0.1, 0.15) is 5.75 Å². The van der Waals surface area contributed by atoms with Gasteiger partial charge in [0.15, 0.2) is 0 Å². The number of amides is 1. The molecule has 0 bridgehead atoms. The molecule has 0 atom stereocenters. The third kappa shape index (κ3) is 4.75. The molecule has 112 valence electrons. The molecule has 6 nitrogen and oxygen atoms in total. The zero-order valence-corrected chi connectivity index (χ0v) is 11.1. The van der Waals surface area contributed by atoms with Crippen LogP contribution in [0.15, 0.2) is 34.9 Å². The van der Waals surface area contributed by atoms with Gasteiger partial charge >= 0.3 is 6.61 Å². The van der Waals surface area contributed by atoms with Crippen LogP contribution in [-0.2, 0) is 4.79 Å². The average Bonchev–Trinajstić information content (AvgIpc) is 2.83. The van der Waals surface area contributed by atoms with Gasteiger partial charge in [0.2, 0.25) is 11.8 Å². The number of rotatable bonds is 6. The number of nitrogens with one attached hydrogen (secondary N) is 2. The molecule has 0 saturated carbocycles. The fourth-order valence-electron chi connectivity index (χ4n) is 1.54. The predicted molar refractivity (Wildman–Crippen MR) is 71.4 cm³/mol. The van der Waals surface area contributed by atoms with E-state index in [1.54, 1.807) is 13.0 Å². The number of carbonyl (C=O) groups is 1. The van der Waals surface area contributed by atoms with Crippen LogP contribution in [0.4, 0.5) is 20.4 Å². The van der Waals surface area contributed by atoms with Crippen LogP contribution >= 0.6 is 0 Å². The summed E-state index contributed by atoms with van der Waals surface area (Å²) in [5.41, 5.74) is 1.26. The fraction of sp³-hybridized carbons (Fsp3) is 0.231. The number of nitrogens with zero attached hydrogens (tertiary/aromatic N) is 1. The van der Waals surface area contributed by atoms with Crippen LogP contribution < -0.4 is 15.4 Å². The van der Waals surface area contributed by atoms with Gasteiger partial charge in [-0.3, -0.25) is 10.1 Å². The number of alkyl halides is 2. The van der Waals surface area contributed by atoms with E-state index in [2.05, 4.69) is 20.5 Å². The number of aromatic nitrogens is 1. The molecular weight excluding hydrogens is 284 g/mol. The molecule has 1 aromatic carbocycles. The molecule has 0 radical (unpaired) electrons. The topological polar surface area (TPSA) is 76.4 Å². The molecule has 0 aliphatic carbocycles.